The van der Waals surface area contributed by atoms with Crippen molar-refractivity contribution in [3.63, 3.8) is 0 Å². The van der Waals surface area contributed by atoms with E-state index in [1.807, 2.05) is 32.3 Å². The Morgan fingerprint density at radius 3 is 2.94 bits per heavy atom. The highest BCUT2D eigenvalue weighted by atomic mass is 32.1. The molecule has 1 aromatic carbocycles. The molecule has 0 fully saturated rings. The lowest BCUT2D eigenvalue weighted by Gasteiger charge is -2.06. The zero-order valence-electron chi connectivity index (χ0n) is 10.1. The molecule has 0 spiro atoms. The fourth-order valence-electron chi connectivity index (χ4n) is 1.85. The van der Waals surface area contributed by atoms with Gasteiger partial charge in [-0.2, -0.15) is 5.10 Å². The molecule has 0 saturated carbocycles. The van der Waals surface area contributed by atoms with Crippen molar-refractivity contribution in [3.8, 4) is 0 Å². The van der Waals surface area contributed by atoms with E-state index >= 15 is 0 Å². The molecular formula is C12H13N5S. The number of thiazole rings is 1. The van der Waals surface area contributed by atoms with Crippen LogP contribution in [0.3, 0.4) is 0 Å². The van der Waals surface area contributed by atoms with Crippen LogP contribution in [0.25, 0.3) is 10.2 Å². The summed E-state index contributed by atoms with van der Waals surface area (Å²) in [5.74, 6) is 0. The summed E-state index contributed by atoms with van der Waals surface area (Å²) in [6.45, 7) is 2.00. The summed E-state index contributed by atoms with van der Waals surface area (Å²) in [4.78, 5) is 4.46. The third kappa shape index (κ3) is 1.91. The van der Waals surface area contributed by atoms with Gasteiger partial charge in [0, 0.05) is 13.2 Å². The van der Waals surface area contributed by atoms with Gasteiger partial charge in [0.05, 0.1) is 38.5 Å². The van der Waals surface area contributed by atoms with Crippen molar-refractivity contribution in [1.29, 1.82) is 0 Å². The normalized spacial score (nSPS) is 11.0. The largest absolute Gasteiger partial charge is 0.397 e. The summed E-state index contributed by atoms with van der Waals surface area (Å²) in [5, 5.41) is 8.40. The van der Waals surface area contributed by atoms with E-state index in [-0.39, 0.29) is 0 Å². The van der Waals surface area contributed by atoms with Crippen LogP contribution in [-0.4, -0.2) is 14.8 Å². The van der Waals surface area contributed by atoms with E-state index in [0.717, 1.165) is 32.3 Å². The molecule has 0 saturated heterocycles. The number of aromatic nitrogens is 3. The summed E-state index contributed by atoms with van der Waals surface area (Å²) in [5.41, 5.74) is 9.50. The van der Waals surface area contributed by atoms with Crippen LogP contribution in [0.5, 0.6) is 0 Å². The maximum Gasteiger partial charge on any atom is 0.0907 e. The standard InChI is InChI=1S/C12H13N5S/c1-7-15-11-4-10(9(13)3-12(11)18-7)16-8-5-14-17(2)6-8/h3-6,16H,13H2,1-2H3. The van der Waals surface area contributed by atoms with E-state index in [1.165, 1.54) is 0 Å². The Hall–Kier alpha value is -2.08. The summed E-state index contributed by atoms with van der Waals surface area (Å²) >= 11 is 1.65. The lowest BCUT2D eigenvalue weighted by atomic mass is 10.2. The lowest BCUT2D eigenvalue weighted by Crippen LogP contribution is -1.95. The van der Waals surface area contributed by atoms with Crippen LogP contribution in [0.15, 0.2) is 24.5 Å². The molecule has 0 atom stereocenters. The predicted octanol–water partition coefficient (Wildman–Crippen LogP) is 2.66. The van der Waals surface area contributed by atoms with E-state index in [9.17, 15) is 0 Å². The van der Waals surface area contributed by atoms with Crippen LogP contribution in [0.1, 0.15) is 5.01 Å². The minimum absolute atomic E-state index is 0.718. The smallest absolute Gasteiger partial charge is 0.0907 e. The van der Waals surface area contributed by atoms with E-state index in [1.54, 1.807) is 22.2 Å². The molecule has 6 heteroatoms. The molecule has 0 aliphatic heterocycles. The van der Waals surface area contributed by atoms with Crippen molar-refractivity contribution in [2.75, 3.05) is 11.1 Å². The molecule has 0 radical (unpaired) electrons. The van der Waals surface area contributed by atoms with Crippen molar-refractivity contribution < 1.29 is 0 Å². The van der Waals surface area contributed by atoms with Gasteiger partial charge in [-0.05, 0) is 19.1 Å². The van der Waals surface area contributed by atoms with Gasteiger partial charge in [-0.25, -0.2) is 4.98 Å². The third-order valence-corrected chi connectivity index (χ3v) is 3.58. The van der Waals surface area contributed by atoms with Gasteiger partial charge >= 0.3 is 0 Å². The molecule has 2 aromatic heterocycles. The Kier molecular flexibility index (Phi) is 2.45. The van der Waals surface area contributed by atoms with Gasteiger partial charge in [-0.3, -0.25) is 4.68 Å². The van der Waals surface area contributed by atoms with Crippen LogP contribution in [0.4, 0.5) is 17.1 Å². The van der Waals surface area contributed by atoms with Crippen molar-refractivity contribution in [2.24, 2.45) is 7.05 Å². The molecule has 3 N–H and O–H groups in total. The lowest BCUT2D eigenvalue weighted by molar-refractivity contribution is 0.768. The highest BCUT2D eigenvalue weighted by Gasteiger charge is 2.07. The molecule has 0 aliphatic carbocycles. The molecular weight excluding hydrogens is 246 g/mol. The Morgan fingerprint density at radius 2 is 2.22 bits per heavy atom. The summed E-state index contributed by atoms with van der Waals surface area (Å²) in [7, 11) is 1.88. The zero-order valence-corrected chi connectivity index (χ0v) is 11.0. The average Bonchev–Trinajstić information content (AvgIpc) is 2.85. The summed E-state index contributed by atoms with van der Waals surface area (Å²) < 4.78 is 2.85. The Morgan fingerprint density at radius 1 is 1.39 bits per heavy atom. The van der Waals surface area contributed by atoms with E-state index in [2.05, 4.69) is 15.4 Å². The molecule has 3 aromatic rings. The highest BCUT2D eigenvalue weighted by Crippen LogP contribution is 2.31. The third-order valence-electron chi connectivity index (χ3n) is 2.65. The molecule has 92 valence electrons. The maximum atomic E-state index is 6.04. The number of nitrogens with two attached hydrogens (primary N) is 1. The van der Waals surface area contributed by atoms with Crippen molar-refractivity contribution >= 4 is 38.6 Å². The fraction of sp³-hybridized carbons (Fsp3) is 0.167. The van der Waals surface area contributed by atoms with Gasteiger partial charge in [-0.1, -0.05) is 0 Å². The van der Waals surface area contributed by atoms with E-state index < -0.39 is 0 Å². The SMILES string of the molecule is Cc1nc2cc(Nc3cnn(C)c3)c(N)cc2s1. The van der Waals surface area contributed by atoms with Crippen LogP contribution in [-0.2, 0) is 7.05 Å². The number of anilines is 3. The van der Waals surface area contributed by atoms with E-state index in [0.29, 0.717) is 0 Å². The van der Waals surface area contributed by atoms with Gasteiger partial charge in [0.2, 0.25) is 0 Å². The van der Waals surface area contributed by atoms with Gasteiger partial charge in [0.25, 0.3) is 0 Å². The van der Waals surface area contributed by atoms with Gasteiger partial charge in [0.1, 0.15) is 0 Å². The van der Waals surface area contributed by atoms with Crippen LogP contribution in [0.2, 0.25) is 0 Å². The number of nitrogens with zero attached hydrogens (tertiary/aromatic N) is 3. The maximum absolute atomic E-state index is 6.04. The van der Waals surface area contributed by atoms with Crippen molar-refractivity contribution in [1.82, 2.24) is 14.8 Å². The Labute approximate surface area is 108 Å². The predicted molar refractivity (Wildman–Crippen MR) is 75.3 cm³/mol. The number of rotatable bonds is 2. The Balaban J connectivity index is 2.02. The highest BCUT2D eigenvalue weighted by molar-refractivity contribution is 7.18. The average molecular weight is 259 g/mol. The minimum Gasteiger partial charge on any atom is -0.397 e. The first kappa shape index (κ1) is 11.0. The molecule has 0 unspecified atom stereocenters. The van der Waals surface area contributed by atoms with Gasteiger partial charge in [0.15, 0.2) is 0 Å². The molecule has 5 nitrogen and oxygen atoms in total. The fourth-order valence-corrected chi connectivity index (χ4v) is 2.71. The van der Waals surface area contributed by atoms with Crippen LogP contribution >= 0.6 is 11.3 Å². The first-order chi connectivity index (χ1) is 8.61. The van der Waals surface area contributed by atoms with Crippen molar-refractivity contribution in [3.05, 3.63) is 29.5 Å². The number of benzene rings is 1. The quantitative estimate of drug-likeness (QED) is 0.694. The number of aryl methyl sites for hydroxylation is 2. The number of nitrogen functional groups attached to an aromatic ring is 1. The number of nitrogens with one attached hydrogen (secondary N) is 1. The molecule has 0 aliphatic rings. The number of fused-ring (bicyclic) bond motifs is 1. The molecule has 0 bridgehead atoms. The molecule has 18 heavy (non-hydrogen) atoms. The molecule has 3 rings (SSSR count). The minimum atomic E-state index is 0.718. The topological polar surface area (TPSA) is 68.8 Å². The monoisotopic (exact) mass is 259 g/mol. The van der Waals surface area contributed by atoms with Crippen molar-refractivity contribution in [2.45, 2.75) is 6.92 Å². The van der Waals surface area contributed by atoms with Crippen LogP contribution < -0.4 is 11.1 Å². The van der Waals surface area contributed by atoms with Gasteiger partial charge in [-0.15, -0.1) is 11.3 Å². The van der Waals surface area contributed by atoms with Crippen LogP contribution in [0, 0.1) is 6.92 Å². The van der Waals surface area contributed by atoms with E-state index in [4.69, 9.17) is 5.73 Å². The second kappa shape index (κ2) is 3.99. The summed E-state index contributed by atoms with van der Waals surface area (Å²) in [6.07, 6.45) is 3.66. The van der Waals surface area contributed by atoms with Gasteiger partial charge < -0.3 is 11.1 Å². The summed E-state index contributed by atoms with van der Waals surface area (Å²) in [6, 6.07) is 3.93. The zero-order chi connectivity index (χ0) is 12.7. The Bertz CT molecular complexity index is 712. The molecule has 2 heterocycles. The first-order valence-corrected chi connectivity index (χ1v) is 6.36. The first-order valence-electron chi connectivity index (χ1n) is 5.54. The number of hydrogen-bond acceptors (Lipinski definition) is 5. The molecule has 0 amide bonds. The second-order valence-electron chi connectivity index (χ2n) is 4.17. The number of hydrogen-bond donors (Lipinski definition) is 2. The second-order valence-corrected chi connectivity index (χ2v) is 5.40.